The normalized spacial score (nSPS) is 10.8. The fraction of sp³-hybridized carbons (Fsp3) is 1.00. The molecule has 0 amide bonds. The van der Waals surface area contributed by atoms with Crippen molar-refractivity contribution in [2.75, 3.05) is 14.1 Å². The van der Waals surface area contributed by atoms with Crippen molar-refractivity contribution in [2.45, 2.75) is 17.8 Å². The Kier molecular flexibility index (Phi) is 10.3. The molecule has 0 aliphatic carbocycles. The summed E-state index contributed by atoms with van der Waals surface area (Å²) in [6, 6.07) is 0. The molecule has 0 fully saturated rings. The summed E-state index contributed by atoms with van der Waals surface area (Å²) < 4.78 is 0.305. The molecule has 0 unspecified atom stereocenters. The molecule has 1 N–H and O–H groups in total. The first-order valence-corrected chi connectivity index (χ1v) is 15.5. The van der Waals surface area contributed by atoms with E-state index in [1.807, 2.05) is 27.9 Å². The third-order valence-electron chi connectivity index (χ3n) is 0.655. The van der Waals surface area contributed by atoms with Gasteiger partial charge in [0.25, 0.3) is 0 Å². The van der Waals surface area contributed by atoms with Crippen LogP contribution < -0.4 is 5.32 Å². The van der Waals surface area contributed by atoms with Gasteiger partial charge < -0.3 is 5.32 Å². The Labute approximate surface area is 78.4 Å². The molecule has 0 saturated heterocycles. The van der Waals surface area contributed by atoms with Gasteiger partial charge >= 0.3 is 59.5 Å². The molecule has 64 valence electrons. The van der Waals surface area contributed by atoms with E-state index in [4.69, 9.17) is 26.8 Å². The van der Waals surface area contributed by atoms with Crippen molar-refractivity contribution in [1.29, 1.82) is 0 Å². The predicted molar refractivity (Wildman–Crippen MR) is 53.4 cm³/mol. The van der Waals surface area contributed by atoms with Crippen LogP contribution in [0.5, 0.6) is 0 Å². The van der Waals surface area contributed by atoms with Gasteiger partial charge in [-0.1, -0.05) is 0 Å². The van der Waals surface area contributed by atoms with E-state index in [0.717, 1.165) is 0 Å². The van der Waals surface area contributed by atoms with Crippen LogP contribution in [0.15, 0.2) is 0 Å². The summed E-state index contributed by atoms with van der Waals surface area (Å²) in [7, 11) is 20.6. The number of nitrogens with one attached hydrogen (secondary N) is 1. The number of rotatable bonds is 1. The SMILES string of the molecule is CNC.C[CH](C)[Sn]([Cl])([Cl])[Cl]. The summed E-state index contributed by atoms with van der Waals surface area (Å²) >= 11 is -2.95. The van der Waals surface area contributed by atoms with Crippen molar-refractivity contribution in [3.63, 3.8) is 0 Å². The van der Waals surface area contributed by atoms with Crippen LogP contribution in [-0.2, 0) is 0 Å². The molecular formula is C5H14Cl3NSn. The van der Waals surface area contributed by atoms with Crippen LogP contribution in [0.1, 0.15) is 13.8 Å². The zero-order valence-corrected chi connectivity index (χ0v) is 11.8. The van der Waals surface area contributed by atoms with Crippen molar-refractivity contribution < 1.29 is 0 Å². The molecule has 0 aliphatic heterocycles. The summed E-state index contributed by atoms with van der Waals surface area (Å²) in [6.45, 7) is 3.90. The van der Waals surface area contributed by atoms with Gasteiger partial charge in [0, 0.05) is 0 Å². The fourth-order valence-electron chi connectivity index (χ4n) is 0. The van der Waals surface area contributed by atoms with Crippen LogP contribution in [0.3, 0.4) is 0 Å². The Morgan fingerprint density at radius 2 is 1.20 bits per heavy atom. The molecule has 0 atom stereocenters. The zero-order valence-electron chi connectivity index (χ0n) is 6.71. The van der Waals surface area contributed by atoms with Gasteiger partial charge in [0.1, 0.15) is 0 Å². The Morgan fingerprint density at radius 1 is 1.10 bits per heavy atom. The predicted octanol–water partition coefficient (Wildman–Crippen LogP) is 2.89. The second-order valence-corrected chi connectivity index (χ2v) is 24.5. The molecule has 0 aromatic heterocycles. The van der Waals surface area contributed by atoms with Gasteiger partial charge in [0.2, 0.25) is 0 Å². The molecule has 0 saturated carbocycles. The summed E-state index contributed by atoms with van der Waals surface area (Å²) in [5.74, 6) is 0. The van der Waals surface area contributed by atoms with Crippen LogP contribution in [0, 0.1) is 0 Å². The zero-order chi connectivity index (χ0) is 8.78. The quantitative estimate of drug-likeness (QED) is 0.734. The molecule has 5 heteroatoms. The molecule has 0 radical (unpaired) electrons. The maximum atomic E-state index is 5.61. The second kappa shape index (κ2) is 7.29. The minimum atomic E-state index is -2.95. The van der Waals surface area contributed by atoms with Gasteiger partial charge in [0.05, 0.1) is 0 Å². The summed E-state index contributed by atoms with van der Waals surface area (Å²) in [4.78, 5) is 0. The van der Waals surface area contributed by atoms with Crippen molar-refractivity contribution in [2.24, 2.45) is 0 Å². The van der Waals surface area contributed by atoms with Crippen molar-refractivity contribution in [1.82, 2.24) is 5.32 Å². The molecule has 1 nitrogen and oxygen atoms in total. The fourth-order valence-corrected chi connectivity index (χ4v) is 0. The van der Waals surface area contributed by atoms with Crippen LogP contribution >= 0.6 is 26.8 Å². The third kappa shape index (κ3) is 12.3. The van der Waals surface area contributed by atoms with E-state index in [2.05, 4.69) is 5.32 Å². The second-order valence-electron chi connectivity index (χ2n) is 2.20. The third-order valence-corrected chi connectivity index (χ3v) is 13.2. The molecular weight excluding hydrogens is 299 g/mol. The Hall–Kier alpha value is 1.63. The van der Waals surface area contributed by atoms with Gasteiger partial charge in [-0.3, -0.25) is 0 Å². The number of hydrogen-bond donors (Lipinski definition) is 1. The molecule has 0 heterocycles. The van der Waals surface area contributed by atoms with Crippen molar-refractivity contribution in [3.05, 3.63) is 0 Å². The van der Waals surface area contributed by atoms with E-state index >= 15 is 0 Å². The molecule has 0 bridgehead atoms. The van der Waals surface area contributed by atoms with E-state index in [1.165, 1.54) is 0 Å². The number of hydrogen-bond acceptors (Lipinski definition) is 1. The Morgan fingerprint density at radius 3 is 1.20 bits per heavy atom. The van der Waals surface area contributed by atoms with Crippen LogP contribution in [-0.4, -0.2) is 29.1 Å². The van der Waals surface area contributed by atoms with Gasteiger partial charge in [-0.25, -0.2) is 0 Å². The summed E-state index contributed by atoms with van der Waals surface area (Å²) in [6.07, 6.45) is 0. The van der Waals surface area contributed by atoms with Crippen molar-refractivity contribution in [3.8, 4) is 0 Å². The Bertz CT molecular complexity index is 71.8. The van der Waals surface area contributed by atoms with Gasteiger partial charge in [0.15, 0.2) is 0 Å². The van der Waals surface area contributed by atoms with E-state index in [1.54, 1.807) is 0 Å². The first-order valence-electron chi connectivity index (χ1n) is 3.01. The van der Waals surface area contributed by atoms with Crippen LogP contribution in [0.25, 0.3) is 0 Å². The van der Waals surface area contributed by atoms with Crippen molar-refractivity contribution >= 4 is 41.8 Å². The standard InChI is InChI=1S/C3H7.C2H7N.3ClH.Sn/c2*1-3-2;;;;/h2*3H,1-2H3;3*1H;/q;;;;;+3/p-3. The average molecular weight is 313 g/mol. The monoisotopic (exact) mass is 313 g/mol. The minimum absolute atomic E-state index is 0.305. The van der Waals surface area contributed by atoms with Gasteiger partial charge in [-0.15, -0.1) is 0 Å². The Balaban J connectivity index is 0. The van der Waals surface area contributed by atoms with E-state index in [-0.39, 0.29) is 0 Å². The van der Waals surface area contributed by atoms with Gasteiger partial charge in [-0.05, 0) is 14.1 Å². The van der Waals surface area contributed by atoms with E-state index in [9.17, 15) is 0 Å². The first-order chi connectivity index (χ1) is 4.36. The van der Waals surface area contributed by atoms with Gasteiger partial charge in [-0.2, -0.15) is 0 Å². The molecule has 0 aromatic carbocycles. The maximum absolute atomic E-state index is 5.61. The molecule has 10 heavy (non-hydrogen) atoms. The first kappa shape index (κ1) is 14.2. The van der Waals surface area contributed by atoms with Crippen LogP contribution in [0.2, 0.25) is 3.93 Å². The summed E-state index contributed by atoms with van der Waals surface area (Å²) in [5.41, 5.74) is 0. The summed E-state index contributed by atoms with van der Waals surface area (Å²) in [5, 5.41) is 2.75. The van der Waals surface area contributed by atoms with E-state index < -0.39 is 15.0 Å². The molecule has 0 aromatic rings. The van der Waals surface area contributed by atoms with Crippen LogP contribution in [0.4, 0.5) is 0 Å². The van der Waals surface area contributed by atoms with E-state index in [0.29, 0.717) is 3.93 Å². The molecule has 0 spiro atoms. The molecule has 0 rings (SSSR count). The topological polar surface area (TPSA) is 12.0 Å². The average Bonchev–Trinajstić information content (AvgIpc) is 1.64. The molecule has 0 aliphatic rings. The number of halogens is 3.